The number of rotatable bonds is 21. The Morgan fingerprint density at radius 1 is 0.765 bits per heavy atom. The van der Waals surface area contributed by atoms with Crippen LogP contribution in [0.1, 0.15) is 163 Å². The molecule has 0 bridgehead atoms. The van der Waals surface area contributed by atoms with Gasteiger partial charge in [-0.2, -0.15) is 0 Å². The van der Waals surface area contributed by atoms with Gasteiger partial charge in [-0.05, 0) is 37.8 Å². The number of carbonyl (C=O) groups is 1. The second kappa shape index (κ2) is 37.1. The first-order chi connectivity index (χ1) is 16.8. The van der Waals surface area contributed by atoms with E-state index in [2.05, 4.69) is 26.1 Å². The van der Waals surface area contributed by atoms with E-state index in [9.17, 15) is 4.79 Å². The number of hydrogen-bond acceptors (Lipinski definition) is 3. The van der Waals surface area contributed by atoms with Crippen molar-refractivity contribution in [2.75, 3.05) is 20.2 Å². The molecule has 0 unspecified atom stereocenters. The van der Waals surface area contributed by atoms with E-state index in [4.69, 9.17) is 5.11 Å². The fourth-order valence-corrected chi connectivity index (χ4v) is 4.46. The standard InChI is InChI=1S/C18H36.C10H21NO.C2H6.CH4O/c1-3-5-7-11-17(12-8-6-4-2)13-9-14-18-15-10-16-18;1-2-11-9-7-5-3-4-6-8-10-12;2*1-2/h17-18H,3-16H2,1-2H3;10-11H,2-9H2,1H3;1-2H3;2H,1H3. The molecule has 0 spiro atoms. The molecule has 0 aromatic rings. The number of nitrogens with one attached hydrogen (secondary N) is 1. The highest BCUT2D eigenvalue weighted by Gasteiger charge is 2.17. The summed E-state index contributed by atoms with van der Waals surface area (Å²) < 4.78 is 0. The van der Waals surface area contributed by atoms with Gasteiger partial charge in [-0.15, -0.1) is 0 Å². The Hall–Kier alpha value is -0.410. The van der Waals surface area contributed by atoms with Crippen LogP contribution >= 0.6 is 0 Å². The van der Waals surface area contributed by atoms with Gasteiger partial charge in [-0.25, -0.2) is 0 Å². The molecule has 0 radical (unpaired) electrons. The number of aldehydes is 1. The van der Waals surface area contributed by atoms with Crippen LogP contribution in [0, 0.1) is 11.8 Å². The summed E-state index contributed by atoms with van der Waals surface area (Å²) in [4.78, 5) is 9.97. The third-order valence-electron chi connectivity index (χ3n) is 6.81. The Morgan fingerprint density at radius 2 is 1.29 bits per heavy atom. The Balaban J connectivity index is -0.000000523. The van der Waals surface area contributed by atoms with Crippen LogP contribution < -0.4 is 5.32 Å². The van der Waals surface area contributed by atoms with Gasteiger partial charge in [-0.3, -0.25) is 0 Å². The third-order valence-corrected chi connectivity index (χ3v) is 6.81. The normalized spacial score (nSPS) is 12.5. The summed E-state index contributed by atoms with van der Waals surface area (Å²) in [6, 6.07) is 0. The van der Waals surface area contributed by atoms with Gasteiger partial charge in [0.1, 0.15) is 6.29 Å². The fraction of sp³-hybridized carbons (Fsp3) is 0.968. The first-order valence-corrected chi connectivity index (χ1v) is 15.4. The fourth-order valence-electron chi connectivity index (χ4n) is 4.46. The van der Waals surface area contributed by atoms with Crippen LogP contribution in [0.4, 0.5) is 0 Å². The highest BCUT2D eigenvalue weighted by Crippen LogP contribution is 2.32. The highest BCUT2D eigenvalue weighted by atomic mass is 16.2. The Morgan fingerprint density at radius 3 is 1.76 bits per heavy atom. The molecule has 0 heterocycles. The lowest BCUT2D eigenvalue weighted by Gasteiger charge is -2.26. The number of aliphatic hydroxyl groups is 1. The van der Waals surface area contributed by atoms with Crippen molar-refractivity contribution in [3.63, 3.8) is 0 Å². The van der Waals surface area contributed by atoms with Gasteiger partial charge in [0.05, 0.1) is 0 Å². The molecule has 0 saturated heterocycles. The van der Waals surface area contributed by atoms with Crippen LogP contribution in [0.3, 0.4) is 0 Å². The Bertz CT molecular complexity index is 321. The number of aliphatic hydroxyl groups excluding tert-OH is 1. The predicted molar refractivity (Wildman–Crippen MR) is 155 cm³/mol. The second-order valence-electron chi connectivity index (χ2n) is 9.66. The van der Waals surface area contributed by atoms with E-state index < -0.39 is 0 Å². The maximum atomic E-state index is 9.97. The lowest BCUT2D eigenvalue weighted by molar-refractivity contribution is -0.107. The third kappa shape index (κ3) is 31.6. The van der Waals surface area contributed by atoms with E-state index in [1.54, 1.807) is 0 Å². The summed E-state index contributed by atoms with van der Waals surface area (Å²) in [6.45, 7) is 13.0. The quantitative estimate of drug-likeness (QED) is 0.126. The molecule has 1 aliphatic carbocycles. The average molecular weight is 486 g/mol. The van der Waals surface area contributed by atoms with E-state index in [0.29, 0.717) is 0 Å². The van der Waals surface area contributed by atoms with Crippen molar-refractivity contribution in [2.24, 2.45) is 11.8 Å². The molecule has 2 N–H and O–H groups in total. The summed E-state index contributed by atoms with van der Waals surface area (Å²) in [7, 11) is 1.00. The molecule has 1 fully saturated rings. The monoisotopic (exact) mass is 486 g/mol. The molecule has 0 aliphatic heterocycles. The molecule has 1 rings (SSSR count). The Labute approximate surface area is 216 Å². The van der Waals surface area contributed by atoms with Gasteiger partial charge in [0, 0.05) is 13.5 Å². The number of carbonyl (C=O) groups excluding carboxylic acids is 1. The number of unbranched alkanes of at least 4 members (excludes halogenated alkanes) is 9. The predicted octanol–water partition coefficient (Wildman–Crippen LogP) is 9.50. The minimum atomic E-state index is 0.743. The topological polar surface area (TPSA) is 49.3 Å². The van der Waals surface area contributed by atoms with E-state index in [1.807, 2.05) is 13.8 Å². The number of hydrogen-bond donors (Lipinski definition) is 2. The van der Waals surface area contributed by atoms with E-state index in [0.717, 1.165) is 51.2 Å². The SMILES string of the molecule is CC.CCCCCC(CCCCC)CCCC1CCC1.CCNCCCCCCCC=O.CO. The van der Waals surface area contributed by atoms with E-state index >= 15 is 0 Å². The van der Waals surface area contributed by atoms with Crippen LogP contribution in [-0.2, 0) is 4.79 Å². The van der Waals surface area contributed by atoms with E-state index in [-0.39, 0.29) is 0 Å². The second-order valence-corrected chi connectivity index (χ2v) is 9.66. The maximum absolute atomic E-state index is 9.97. The van der Waals surface area contributed by atoms with E-state index in [1.165, 1.54) is 116 Å². The van der Waals surface area contributed by atoms with Crippen LogP contribution in [-0.4, -0.2) is 31.6 Å². The average Bonchev–Trinajstić information content (AvgIpc) is 2.85. The minimum absolute atomic E-state index is 0.743. The van der Waals surface area contributed by atoms with Crippen molar-refractivity contribution in [3.05, 3.63) is 0 Å². The molecule has 1 saturated carbocycles. The van der Waals surface area contributed by atoms with Gasteiger partial charge in [-0.1, -0.05) is 144 Å². The zero-order valence-corrected chi connectivity index (χ0v) is 24.6. The summed E-state index contributed by atoms with van der Waals surface area (Å²) in [5, 5.41) is 10.3. The first kappa shape index (κ1) is 38.1. The molecule has 34 heavy (non-hydrogen) atoms. The van der Waals surface area contributed by atoms with Crippen molar-refractivity contribution in [2.45, 2.75) is 163 Å². The van der Waals surface area contributed by atoms with Crippen molar-refractivity contribution >= 4 is 6.29 Å². The van der Waals surface area contributed by atoms with Gasteiger partial charge in [0.15, 0.2) is 0 Å². The summed E-state index contributed by atoms with van der Waals surface area (Å²) >= 11 is 0. The molecule has 1 aliphatic rings. The van der Waals surface area contributed by atoms with Crippen LogP contribution in [0.25, 0.3) is 0 Å². The molecule has 0 aromatic heterocycles. The lowest BCUT2D eigenvalue weighted by atomic mass is 9.80. The molecular formula is C31H67NO2. The lowest BCUT2D eigenvalue weighted by Crippen LogP contribution is -2.13. The molecule has 3 heteroatoms. The molecular weight excluding hydrogens is 418 g/mol. The summed E-state index contributed by atoms with van der Waals surface area (Å²) in [5.74, 6) is 2.18. The zero-order chi connectivity index (χ0) is 26.1. The van der Waals surface area contributed by atoms with Crippen molar-refractivity contribution in [3.8, 4) is 0 Å². The molecule has 0 aromatic carbocycles. The van der Waals surface area contributed by atoms with Crippen LogP contribution in [0.15, 0.2) is 0 Å². The minimum Gasteiger partial charge on any atom is -0.400 e. The largest absolute Gasteiger partial charge is 0.400 e. The van der Waals surface area contributed by atoms with Gasteiger partial charge in [0.25, 0.3) is 0 Å². The first-order valence-electron chi connectivity index (χ1n) is 15.4. The smallest absolute Gasteiger partial charge is 0.119 e. The zero-order valence-electron chi connectivity index (χ0n) is 24.6. The molecule has 0 amide bonds. The molecule has 208 valence electrons. The van der Waals surface area contributed by atoms with Gasteiger partial charge >= 0.3 is 0 Å². The van der Waals surface area contributed by atoms with Gasteiger partial charge in [0.2, 0.25) is 0 Å². The van der Waals surface area contributed by atoms with Crippen molar-refractivity contribution in [1.29, 1.82) is 0 Å². The van der Waals surface area contributed by atoms with Crippen molar-refractivity contribution < 1.29 is 9.90 Å². The highest BCUT2D eigenvalue weighted by molar-refractivity contribution is 5.48. The van der Waals surface area contributed by atoms with Crippen molar-refractivity contribution in [1.82, 2.24) is 5.32 Å². The Kier molecular flexibility index (Phi) is 41.7. The maximum Gasteiger partial charge on any atom is 0.119 e. The summed E-state index contributed by atoms with van der Waals surface area (Å²) in [5.41, 5.74) is 0. The molecule has 3 nitrogen and oxygen atoms in total. The molecule has 0 atom stereocenters. The van der Waals surface area contributed by atoms with Crippen LogP contribution in [0.2, 0.25) is 0 Å². The van der Waals surface area contributed by atoms with Crippen LogP contribution in [0.5, 0.6) is 0 Å². The van der Waals surface area contributed by atoms with Gasteiger partial charge < -0.3 is 15.2 Å². The summed E-state index contributed by atoms with van der Waals surface area (Å²) in [6.07, 6.45) is 28.7.